The third kappa shape index (κ3) is 1.22. The van der Waals surface area contributed by atoms with Gasteiger partial charge < -0.3 is 10.1 Å². The van der Waals surface area contributed by atoms with Gasteiger partial charge >= 0.3 is 12.0 Å². The summed E-state index contributed by atoms with van der Waals surface area (Å²) in [7, 11) is 1.30. The van der Waals surface area contributed by atoms with E-state index in [0.29, 0.717) is 11.3 Å². The molecule has 0 bridgehead atoms. The van der Waals surface area contributed by atoms with Crippen molar-refractivity contribution in [3.8, 4) is 0 Å². The van der Waals surface area contributed by atoms with Gasteiger partial charge in [-0.2, -0.15) is 4.99 Å². The van der Waals surface area contributed by atoms with E-state index in [2.05, 4.69) is 15.0 Å². The van der Waals surface area contributed by atoms with Crippen LogP contribution in [0.5, 0.6) is 0 Å². The Morgan fingerprint density at radius 2 is 2.43 bits per heavy atom. The molecule has 14 heavy (non-hydrogen) atoms. The quantitative estimate of drug-likeness (QED) is 0.603. The number of esters is 1. The van der Waals surface area contributed by atoms with E-state index < -0.39 is 18.0 Å². The highest BCUT2D eigenvalue weighted by molar-refractivity contribution is 6.17. The average Bonchev–Trinajstić information content (AvgIpc) is 2.56. The Balaban J connectivity index is 2.33. The van der Waals surface area contributed by atoms with Crippen LogP contribution in [0.25, 0.3) is 0 Å². The Labute approximate surface area is 80.1 Å². The maximum absolute atomic E-state index is 11.3. The molecule has 5 heteroatoms. The minimum Gasteiger partial charge on any atom is -0.466 e. The van der Waals surface area contributed by atoms with Crippen LogP contribution >= 0.6 is 0 Å². The van der Waals surface area contributed by atoms with E-state index in [-0.39, 0.29) is 0 Å². The number of hydrogen-bond acceptors (Lipinski definition) is 3. The Hall–Kier alpha value is -1.91. The lowest BCUT2D eigenvalue weighted by atomic mass is 9.98. The summed E-state index contributed by atoms with van der Waals surface area (Å²) >= 11 is 0. The van der Waals surface area contributed by atoms with E-state index >= 15 is 0 Å². The number of carbonyl (C=O) groups is 2. The van der Waals surface area contributed by atoms with E-state index in [1.807, 2.05) is 0 Å². The van der Waals surface area contributed by atoms with Gasteiger partial charge in [-0.25, -0.2) is 9.59 Å². The predicted molar refractivity (Wildman–Crippen MR) is 49.0 cm³/mol. The van der Waals surface area contributed by atoms with Gasteiger partial charge in [-0.1, -0.05) is 6.08 Å². The second-order valence-corrected chi connectivity index (χ2v) is 2.89. The smallest absolute Gasteiger partial charge is 0.342 e. The van der Waals surface area contributed by atoms with Crippen molar-refractivity contribution in [3.63, 3.8) is 0 Å². The number of hydrogen-bond donors (Lipinski definition) is 1. The summed E-state index contributed by atoms with van der Waals surface area (Å²) < 4.78 is 4.59. The van der Waals surface area contributed by atoms with E-state index in [9.17, 15) is 9.59 Å². The molecule has 0 saturated carbocycles. The number of ether oxygens (including phenoxy) is 1. The third-order valence-corrected chi connectivity index (χ3v) is 2.07. The van der Waals surface area contributed by atoms with Crippen LogP contribution in [0.1, 0.15) is 0 Å². The van der Waals surface area contributed by atoms with Gasteiger partial charge in [0.1, 0.15) is 6.04 Å². The summed E-state index contributed by atoms with van der Waals surface area (Å²) in [4.78, 5) is 25.9. The topological polar surface area (TPSA) is 67.8 Å². The molecule has 1 N–H and O–H groups in total. The summed E-state index contributed by atoms with van der Waals surface area (Å²) in [5.41, 5.74) is 0.956. The number of urea groups is 1. The molecule has 1 aliphatic carbocycles. The van der Waals surface area contributed by atoms with Crippen LogP contribution in [0.15, 0.2) is 28.8 Å². The normalized spacial score (nSPS) is 23.5. The van der Waals surface area contributed by atoms with Crippen LogP contribution in [0.3, 0.4) is 0 Å². The van der Waals surface area contributed by atoms with E-state index in [1.54, 1.807) is 18.2 Å². The zero-order chi connectivity index (χ0) is 10.1. The number of nitrogens with one attached hydrogen (secondary N) is 1. The fraction of sp³-hybridized carbons (Fsp3) is 0.222. The van der Waals surface area contributed by atoms with Crippen molar-refractivity contribution < 1.29 is 14.3 Å². The summed E-state index contributed by atoms with van der Waals surface area (Å²) in [5.74, 6) is -0.450. The number of fused-ring (bicyclic) bond motifs is 1. The Kier molecular flexibility index (Phi) is 1.92. The summed E-state index contributed by atoms with van der Waals surface area (Å²) in [6.45, 7) is 0. The van der Waals surface area contributed by atoms with Gasteiger partial charge in [0.25, 0.3) is 0 Å². The molecule has 1 atom stereocenters. The monoisotopic (exact) mass is 192 g/mol. The molecule has 0 saturated heterocycles. The molecule has 2 aliphatic rings. The molecule has 0 aromatic rings. The van der Waals surface area contributed by atoms with Crippen molar-refractivity contribution in [2.45, 2.75) is 6.04 Å². The zero-order valence-electron chi connectivity index (χ0n) is 7.48. The first-order valence-corrected chi connectivity index (χ1v) is 4.08. The largest absolute Gasteiger partial charge is 0.466 e. The molecule has 0 aromatic carbocycles. The van der Waals surface area contributed by atoms with Crippen molar-refractivity contribution in [2.24, 2.45) is 4.99 Å². The van der Waals surface area contributed by atoms with Crippen molar-refractivity contribution in [2.75, 3.05) is 7.11 Å². The highest BCUT2D eigenvalue weighted by Gasteiger charge is 2.32. The summed E-state index contributed by atoms with van der Waals surface area (Å²) in [6, 6.07) is -0.869. The van der Waals surface area contributed by atoms with Gasteiger partial charge in [-0.15, -0.1) is 0 Å². The highest BCUT2D eigenvalue weighted by Crippen LogP contribution is 2.16. The van der Waals surface area contributed by atoms with Gasteiger partial charge in [0.05, 0.1) is 18.4 Å². The number of amides is 2. The van der Waals surface area contributed by atoms with Gasteiger partial charge in [0.2, 0.25) is 0 Å². The van der Waals surface area contributed by atoms with Crippen molar-refractivity contribution in [1.29, 1.82) is 0 Å². The van der Waals surface area contributed by atoms with Gasteiger partial charge in [0.15, 0.2) is 0 Å². The Bertz CT molecular complexity index is 393. The highest BCUT2D eigenvalue weighted by atomic mass is 16.5. The lowest BCUT2D eigenvalue weighted by Crippen LogP contribution is -2.37. The van der Waals surface area contributed by atoms with Crippen LogP contribution in [0, 0.1) is 0 Å². The molecular weight excluding hydrogens is 184 g/mol. The molecule has 0 radical (unpaired) electrons. The van der Waals surface area contributed by atoms with E-state index in [4.69, 9.17) is 0 Å². The summed E-state index contributed by atoms with van der Waals surface area (Å²) in [6.07, 6.45) is 4.97. The average molecular weight is 192 g/mol. The van der Waals surface area contributed by atoms with Crippen LogP contribution in [-0.2, 0) is 9.53 Å². The van der Waals surface area contributed by atoms with Crippen molar-refractivity contribution in [3.05, 3.63) is 23.8 Å². The molecule has 0 spiro atoms. The molecule has 0 fully saturated rings. The molecule has 72 valence electrons. The SMILES string of the molecule is COC(=O)C1=CC=CC2=NC(=O)NC12. The predicted octanol–water partition coefficient (Wildman–Crippen LogP) is 0.188. The van der Waals surface area contributed by atoms with Gasteiger partial charge in [0, 0.05) is 0 Å². The molecule has 1 unspecified atom stereocenters. The Morgan fingerprint density at radius 3 is 3.14 bits per heavy atom. The second-order valence-electron chi connectivity index (χ2n) is 2.89. The van der Waals surface area contributed by atoms with Crippen molar-refractivity contribution in [1.82, 2.24) is 5.32 Å². The van der Waals surface area contributed by atoms with Gasteiger partial charge in [-0.05, 0) is 12.2 Å². The van der Waals surface area contributed by atoms with Crippen LogP contribution in [0.4, 0.5) is 4.79 Å². The van der Waals surface area contributed by atoms with Crippen molar-refractivity contribution >= 4 is 17.7 Å². The maximum atomic E-state index is 11.3. The first-order valence-electron chi connectivity index (χ1n) is 4.08. The van der Waals surface area contributed by atoms with Crippen LogP contribution in [-0.4, -0.2) is 30.9 Å². The molecule has 1 aliphatic heterocycles. The fourth-order valence-corrected chi connectivity index (χ4v) is 1.43. The number of carbonyl (C=O) groups excluding carboxylic acids is 2. The van der Waals surface area contributed by atoms with Crippen LogP contribution < -0.4 is 5.32 Å². The molecule has 5 nitrogen and oxygen atoms in total. The molecule has 1 heterocycles. The number of nitrogens with zero attached hydrogens (tertiary/aromatic N) is 1. The first-order chi connectivity index (χ1) is 6.72. The Morgan fingerprint density at radius 1 is 1.64 bits per heavy atom. The number of aliphatic imine (C=N–C) groups is 1. The molecule has 0 aromatic heterocycles. The van der Waals surface area contributed by atoms with Gasteiger partial charge in [-0.3, -0.25) is 0 Å². The third-order valence-electron chi connectivity index (χ3n) is 2.07. The molecular formula is C9H8N2O3. The van der Waals surface area contributed by atoms with E-state index in [1.165, 1.54) is 7.11 Å². The minimum atomic E-state index is -0.450. The lowest BCUT2D eigenvalue weighted by Gasteiger charge is -2.15. The number of methoxy groups -OCH3 is 1. The zero-order valence-corrected chi connectivity index (χ0v) is 7.48. The summed E-state index contributed by atoms with van der Waals surface area (Å²) in [5, 5.41) is 2.56. The minimum absolute atomic E-state index is 0.402. The second kappa shape index (κ2) is 3.10. The lowest BCUT2D eigenvalue weighted by molar-refractivity contribution is -0.136. The molecule has 2 rings (SSSR count). The number of rotatable bonds is 1. The van der Waals surface area contributed by atoms with E-state index in [0.717, 1.165) is 0 Å². The molecule has 2 amide bonds. The van der Waals surface area contributed by atoms with Crippen LogP contribution in [0.2, 0.25) is 0 Å². The fourth-order valence-electron chi connectivity index (χ4n) is 1.43. The standard InChI is InChI=1S/C9H8N2O3/c1-14-8(12)5-3-2-4-6-7(5)11-9(13)10-6/h2-4,7H,1H3,(H,11,13). The first kappa shape index (κ1) is 8.68. The maximum Gasteiger partial charge on any atom is 0.342 e. The number of allylic oxidation sites excluding steroid dienone is 2.